The molecule has 7 heteroatoms. The van der Waals surface area contributed by atoms with Gasteiger partial charge in [0.25, 0.3) is 5.91 Å². The van der Waals surface area contributed by atoms with Gasteiger partial charge in [-0.05, 0) is 49.7 Å². The van der Waals surface area contributed by atoms with E-state index in [0.29, 0.717) is 22.3 Å². The number of H-pyrrole nitrogens is 1. The van der Waals surface area contributed by atoms with E-state index in [9.17, 15) is 4.79 Å². The molecule has 0 fully saturated rings. The Morgan fingerprint density at radius 3 is 2.80 bits per heavy atom. The topological polar surface area (TPSA) is 79.9 Å². The van der Waals surface area contributed by atoms with Gasteiger partial charge < -0.3 is 10.1 Å². The van der Waals surface area contributed by atoms with Crippen LogP contribution in [0, 0.1) is 13.8 Å². The van der Waals surface area contributed by atoms with E-state index in [2.05, 4.69) is 20.5 Å². The van der Waals surface area contributed by atoms with Crippen LogP contribution in [0.2, 0.25) is 5.02 Å². The van der Waals surface area contributed by atoms with Crippen molar-refractivity contribution in [2.45, 2.75) is 13.8 Å². The van der Waals surface area contributed by atoms with Crippen molar-refractivity contribution >= 4 is 23.2 Å². The Morgan fingerprint density at radius 2 is 2.08 bits per heavy atom. The van der Waals surface area contributed by atoms with Gasteiger partial charge in [0.2, 0.25) is 0 Å². The van der Waals surface area contributed by atoms with Crippen molar-refractivity contribution in [2.24, 2.45) is 0 Å². The first-order chi connectivity index (χ1) is 12.0. The summed E-state index contributed by atoms with van der Waals surface area (Å²) in [5.41, 5.74) is 2.35. The number of nitrogens with one attached hydrogen (secondary N) is 2. The summed E-state index contributed by atoms with van der Waals surface area (Å²) in [5, 5.41) is 10.3. The normalized spacial score (nSPS) is 10.5. The molecule has 1 heterocycles. The highest BCUT2D eigenvalue weighted by atomic mass is 35.5. The lowest BCUT2D eigenvalue weighted by molar-refractivity contribution is -0.118. The van der Waals surface area contributed by atoms with Crippen molar-refractivity contribution in [3.63, 3.8) is 0 Å². The van der Waals surface area contributed by atoms with Crippen molar-refractivity contribution in [2.75, 3.05) is 11.9 Å². The van der Waals surface area contributed by atoms with Crippen LogP contribution in [0.4, 0.5) is 5.69 Å². The zero-order chi connectivity index (χ0) is 17.8. The summed E-state index contributed by atoms with van der Waals surface area (Å²) in [6.07, 6.45) is 0. The number of amides is 1. The number of hydrogen-bond donors (Lipinski definition) is 2. The van der Waals surface area contributed by atoms with Crippen molar-refractivity contribution in [1.82, 2.24) is 15.2 Å². The van der Waals surface area contributed by atoms with Gasteiger partial charge in [0.1, 0.15) is 11.6 Å². The summed E-state index contributed by atoms with van der Waals surface area (Å²) >= 11 is 5.91. The van der Waals surface area contributed by atoms with Crippen molar-refractivity contribution in [1.29, 1.82) is 0 Å². The molecule has 0 spiro atoms. The summed E-state index contributed by atoms with van der Waals surface area (Å²) in [5.74, 6) is 1.69. The molecule has 1 aromatic heterocycles. The molecule has 1 amide bonds. The van der Waals surface area contributed by atoms with Gasteiger partial charge in [-0.25, -0.2) is 4.98 Å². The number of carbonyl (C=O) groups is 1. The van der Waals surface area contributed by atoms with Crippen LogP contribution in [0.25, 0.3) is 11.4 Å². The van der Waals surface area contributed by atoms with Gasteiger partial charge in [-0.2, -0.15) is 5.10 Å². The summed E-state index contributed by atoms with van der Waals surface area (Å²) in [6.45, 7) is 3.62. The summed E-state index contributed by atoms with van der Waals surface area (Å²) in [7, 11) is 0. The molecule has 0 aliphatic carbocycles. The second kappa shape index (κ2) is 7.36. The molecule has 2 N–H and O–H groups in total. The van der Waals surface area contributed by atoms with Crippen LogP contribution < -0.4 is 10.1 Å². The fourth-order valence-corrected chi connectivity index (χ4v) is 2.55. The second-order valence-electron chi connectivity index (χ2n) is 5.57. The fraction of sp³-hybridized carbons (Fsp3) is 0.167. The van der Waals surface area contributed by atoms with E-state index in [1.54, 1.807) is 24.3 Å². The average molecular weight is 357 g/mol. The van der Waals surface area contributed by atoms with Crippen LogP contribution in [0.5, 0.6) is 5.75 Å². The lowest BCUT2D eigenvalue weighted by Crippen LogP contribution is -2.20. The number of halogens is 1. The Bertz CT molecular complexity index is 908. The molecule has 2 aromatic carbocycles. The number of rotatable bonds is 5. The Labute approximate surface area is 150 Å². The molecule has 0 unspecified atom stereocenters. The van der Waals surface area contributed by atoms with E-state index in [-0.39, 0.29) is 12.5 Å². The third-order valence-corrected chi connectivity index (χ3v) is 3.73. The maximum absolute atomic E-state index is 12.1. The molecule has 6 nitrogen and oxygen atoms in total. The average Bonchev–Trinajstić information content (AvgIpc) is 3.01. The second-order valence-corrected chi connectivity index (χ2v) is 6.01. The highest BCUT2D eigenvalue weighted by molar-refractivity contribution is 6.30. The molecule has 0 radical (unpaired) electrons. The van der Waals surface area contributed by atoms with Crippen LogP contribution in [-0.4, -0.2) is 27.7 Å². The number of carbonyl (C=O) groups excluding carboxylic acids is 1. The summed E-state index contributed by atoms with van der Waals surface area (Å²) < 4.78 is 5.54. The Kier molecular flexibility index (Phi) is 5.00. The Hall–Kier alpha value is -2.86. The van der Waals surface area contributed by atoms with E-state index in [4.69, 9.17) is 16.3 Å². The molecule has 3 rings (SSSR count). The Morgan fingerprint density at radius 1 is 1.24 bits per heavy atom. The molecule has 3 aromatic rings. The lowest BCUT2D eigenvalue weighted by atomic mass is 10.2. The number of aromatic nitrogens is 3. The predicted octanol–water partition coefficient (Wildman–Crippen LogP) is 3.76. The van der Waals surface area contributed by atoms with Gasteiger partial charge in [0.05, 0.1) is 0 Å². The molecular weight excluding hydrogens is 340 g/mol. The van der Waals surface area contributed by atoms with E-state index in [0.717, 1.165) is 17.0 Å². The SMILES string of the molecule is Cc1nc(-c2cccc(NC(=O)COc3ccc(Cl)cc3C)c2)n[nH]1. The molecule has 0 atom stereocenters. The molecule has 0 bridgehead atoms. The van der Waals surface area contributed by atoms with Gasteiger partial charge >= 0.3 is 0 Å². The molecule has 25 heavy (non-hydrogen) atoms. The third kappa shape index (κ3) is 4.36. The van der Waals surface area contributed by atoms with Gasteiger partial charge in [-0.1, -0.05) is 23.7 Å². The smallest absolute Gasteiger partial charge is 0.262 e. The minimum absolute atomic E-state index is 0.0908. The van der Waals surface area contributed by atoms with Gasteiger partial charge in [-0.15, -0.1) is 0 Å². The number of aromatic amines is 1. The molecule has 0 aliphatic rings. The minimum Gasteiger partial charge on any atom is -0.483 e. The number of hydrogen-bond acceptors (Lipinski definition) is 4. The first kappa shape index (κ1) is 17.0. The Balaban J connectivity index is 1.63. The van der Waals surface area contributed by atoms with Crippen molar-refractivity contribution < 1.29 is 9.53 Å². The van der Waals surface area contributed by atoms with E-state index < -0.39 is 0 Å². The fourth-order valence-electron chi connectivity index (χ4n) is 2.32. The van der Waals surface area contributed by atoms with Gasteiger partial charge in [0, 0.05) is 16.3 Å². The van der Waals surface area contributed by atoms with Gasteiger partial charge in [0.15, 0.2) is 12.4 Å². The van der Waals surface area contributed by atoms with E-state index >= 15 is 0 Å². The third-order valence-electron chi connectivity index (χ3n) is 3.50. The summed E-state index contributed by atoms with van der Waals surface area (Å²) in [4.78, 5) is 16.4. The van der Waals surface area contributed by atoms with E-state index in [1.807, 2.05) is 32.0 Å². The quantitative estimate of drug-likeness (QED) is 0.729. The molecule has 0 saturated carbocycles. The lowest BCUT2D eigenvalue weighted by Gasteiger charge is -2.10. The van der Waals surface area contributed by atoms with Crippen LogP contribution in [0.15, 0.2) is 42.5 Å². The standard InChI is InChI=1S/C18H17ClN4O2/c1-11-8-14(19)6-7-16(11)25-10-17(24)21-15-5-3-4-13(9-15)18-20-12(2)22-23-18/h3-9H,10H2,1-2H3,(H,21,24)(H,20,22,23). The number of aryl methyl sites for hydroxylation is 2. The number of nitrogens with zero attached hydrogens (tertiary/aromatic N) is 2. The number of ether oxygens (including phenoxy) is 1. The molecule has 0 saturated heterocycles. The van der Waals surface area contributed by atoms with Crippen molar-refractivity contribution in [3.8, 4) is 17.1 Å². The largest absolute Gasteiger partial charge is 0.483 e. The molecule has 0 aliphatic heterocycles. The van der Waals surface area contributed by atoms with Crippen LogP contribution in [-0.2, 0) is 4.79 Å². The monoisotopic (exact) mass is 356 g/mol. The van der Waals surface area contributed by atoms with Crippen LogP contribution in [0.1, 0.15) is 11.4 Å². The minimum atomic E-state index is -0.252. The maximum Gasteiger partial charge on any atom is 0.262 e. The van der Waals surface area contributed by atoms with E-state index in [1.165, 1.54) is 0 Å². The van der Waals surface area contributed by atoms with Crippen LogP contribution in [0.3, 0.4) is 0 Å². The van der Waals surface area contributed by atoms with Crippen LogP contribution >= 0.6 is 11.6 Å². The first-order valence-corrected chi connectivity index (χ1v) is 8.07. The number of anilines is 1. The molecular formula is C18H17ClN4O2. The zero-order valence-corrected chi connectivity index (χ0v) is 14.6. The molecule has 128 valence electrons. The highest BCUT2D eigenvalue weighted by Crippen LogP contribution is 2.22. The van der Waals surface area contributed by atoms with Gasteiger partial charge in [-0.3, -0.25) is 9.89 Å². The first-order valence-electron chi connectivity index (χ1n) is 7.69. The highest BCUT2D eigenvalue weighted by Gasteiger charge is 2.08. The zero-order valence-electron chi connectivity index (χ0n) is 13.8. The maximum atomic E-state index is 12.1. The summed E-state index contributed by atoms with van der Waals surface area (Å²) in [6, 6.07) is 12.6. The van der Waals surface area contributed by atoms with Crippen molar-refractivity contribution in [3.05, 3.63) is 58.9 Å². The number of benzene rings is 2. The predicted molar refractivity (Wildman–Crippen MR) is 96.9 cm³/mol.